The summed E-state index contributed by atoms with van der Waals surface area (Å²) < 4.78 is 11.8. The highest BCUT2D eigenvalue weighted by Gasteiger charge is 2.04. The van der Waals surface area contributed by atoms with Gasteiger partial charge in [-0.05, 0) is 52.7 Å². The second-order valence-electron chi connectivity index (χ2n) is 4.34. The van der Waals surface area contributed by atoms with Crippen LogP contribution in [-0.4, -0.2) is 12.9 Å². The second-order valence-corrected chi connectivity index (χ2v) is 5.20. The van der Waals surface area contributed by atoms with E-state index in [9.17, 15) is 4.79 Å². The molecule has 4 heteroatoms. The Bertz CT molecular complexity index is 623. The molecule has 104 valence electrons. The van der Waals surface area contributed by atoms with Gasteiger partial charge in [0.15, 0.2) is 5.78 Å². The summed E-state index contributed by atoms with van der Waals surface area (Å²) in [5.41, 5.74) is 1.67. The van der Waals surface area contributed by atoms with Crippen molar-refractivity contribution in [3.8, 4) is 11.5 Å². The summed E-state index contributed by atoms with van der Waals surface area (Å²) >= 11 is 3.44. The lowest BCUT2D eigenvalue weighted by Crippen LogP contribution is -1.98. The number of carbonyl (C=O) groups is 1. The third-order valence-electron chi connectivity index (χ3n) is 2.86. The molecule has 0 amide bonds. The van der Waals surface area contributed by atoms with E-state index in [0.29, 0.717) is 17.9 Å². The van der Waals surface area contributed by atoms with Crippen LogP contribution in [0, 0.1) is 0 Å². The predicted molar refractivity (Wildman–Crippen MR) is 81.5 cm³/mol. The first-order valence-corrected chi connectivity index (χ1v) is 6.95. The van der Waals surface area contributed by atoms with E-state index in [4.69, 9.17) is 9.47 Å². The maximum absolute atomic E-state index is 11.3. The van der Waals surface area contributed by atoms with Crippen LogP contribution >= 0.6 is 15.9 Å². The molecular weight excluding hydrogens is 320 g/mol. The molecule has 0 bridgehead atoms. The summed E-state index contributed by atoms with van der Waals surface area (Å²) in [4.78, 5) is 11.3. The number of hydrogen-bond acceptors (Lipinski definition) is 3. The SMILES string of the molecule is COc1ccc(COc2cccc(C(C)=O)c2)cc1Br. The Morgan fingerprint density at radius 3 is 2.65 bits per heavy atom. The Labute approximate surface area is 126 Å². The number of Topliss-reactive ketones (excluding diaryl/α,β-unsaturated/α-hetero) is 1. The van der Waals surface area contributed by atoms with Crippen molar-refractivity contribution in [1.82, 2.24) is 0 Å². The molecule has 2 aromatic rings. The fraction of sp³-hybridized carbons (Fsp3) is 0.188. The lowest BCUT2D eigenvalue weighted by Gasteiger charge is -2.09. The highest BCUT2D eigenvalue weighted by molar-refractivity contribution is 9.10. The summed E-state index contributed by atoms with van der Waals surface area (Å²) in [6.45, 7) is 1.98. The van der Waals surface area contributed by atoms with Gasteiger partial charge in [0.2, 0.25) is 0 Å². The maximum Gasteiger partial charge on any atom is 0.159 e. The molecule has 0 heterocycles. The monoisotopic (exact) mass is 334 g/mol. The van der Waals surface area contributed by atoms with Gasteiger partial charge >= 0.3 is 0 Å². The van der Waals surface area contributed by atoms with Crippen molar-refractivity contribution in [3.63, 3.8) is 0 Å². The van der Waals surface area contributed by atoms with Gasteiger partial charge in [-0.2, -0.15) is 0 Å². The molecule has 0 N–H and O–H groups in total. The fourth-order valence-corrected chi connectivity index (χ4v) is 2.36. The van der Waals surface area contributed by atoms with Crippen molar-refractivity contribution in [2.45, 2.75) is 13.5 Å². The molecule has 0 radical (unpaired) electrons. The van der Waals surface area contributed by atoms with Gasteiger partial charge in [-0.1, -0.05) is 18.2 Å². The van der Waals surface area contributed by atoms with Crippen molar-refractivity contribution in [1.29, 1.82) is 0 Å². The van der Waals surface area contributed by atoms with Gasteiger partial charge in [0, 0.05) is 5.56 Å². The van der Waals surface area contributed by atoms with E-state index in [-0.39, 0.29) is 5.78 Å². The molecule has 0 saturated heterocycles. The van der Waals surface area contributed by atoms with Crippen LogP contribution in [-0.2, 0) is 6.61 Å². The maximum atomic E-state index is 11.3. The number of halogens is 1. The number of ether oxygens (including phenoxy) is 2. The zero-order valence-electron chi connectivity index (χ0n) is 11.4. The molecule has 0 atom stereocenters. The molecular formula is C16H15BrO3. The van der Waals surface area contributed by atoms with Crippen LogP contribution in [0.3, 0.4) is 0 Å². The topological polar surface area (TPSA) is 35.5 Å². The zero-order valence-corrected chi connectivity index (χ0v) is 12.9. The van der Waals surface area contributed by atoms with Gasteiger partial charge in [0.25, 0.3) is 0 Å². The van der Waals surface area contributed by atoms with Crippen molar-refractivity contribution >= 4 is 21.7 Å². The van der Waals surface area contributed by atoms with Gasteiger partial charge in [0.05, 0.1) is 11.6 Å². The number of methoxy groups -OCH3 is 1. The average molecular weight is 335 g/mol. The Morgan fingerprint density at radius 2 is 2.00 bits per heavy atom. The van der Waals surface area contributed by atoms with E-state index in [1.807, 2.05) is 30.3 Å². The molecule has 20 heavy (non-hydrogen) atoms. The summed E-state index contributed by atoms with van der Waals surface area (Å²) in [6.07, 6.45) is 0. The van der Waals surface area contributed by atoms with Crippen LogP contribution in [0.5, 0.6) is 11.5 Å². The molecule has 0 aliphatic heterocycles. The predicted octanol–water partition coefficient (Wildman–Crippen LogP) is 4.24. The molecule has 0 saturated carbocycles. The minimum Gasteiger partial charge on any atom is -0.496 e. The Balaban J connectivity index is 2.07. The Kier molecular flexibility index (Phi) is 4.79. The smallest absolute Gasteiger partial charge is 0.159 e. The molecule has 0 aliphatic carbocycles. The van der Waals surface area contributed by atoms with Crippen LogP contribution in [0.4, 0.5) is 0 Å². The van der Waals surface area contributed by atoms with Crippen LogP contribution < -0.4 is 9.47 Å². The molecule has 2 aromatic carbocycles. The van der Waals surface area contributed by atoms with Crippen LogP contribution in [0.2, 0.25) is 0 Å². The van der Waals surface area contributed by atoms with Gasteiger partial charge in [-0.25, -0.2) is 0 Å². The lowest BCUT2D eigenvalue weighted by molar-refractivity contribution is 0.101. The van der Waals surface area contributed by atoms with Crippen LogP contribution in [0.25, 0.3) is 0 Å². The first kappa shape index (κ1) is 14.6. The van der Waals surface area contributed by atoms with Crippen molar-refractivity contribution < 1.29 is 14.3 Å². The first-order chi connectivity index (χ1) is 9.60. The number of carbonyl (C=O) groups excluding carboxylic acids is 1. The molecule has 0 aliphatic rings. The lowest BCUT2D eigenvalue weighted by atomic mass is 10.1. The van der Waals surface area contributed by atoms with E-state index in [2.05, 4.69) is 15.9 Å². The van der Waals surface area contributed by atoms with Gasteiger partial charge in [-0.3, -0.25) is 4.79 Å². The van der Waals surface area contributed by atoms with E-state index >= 15 is 0 Å². The summed E-state index contributed by atoms with van der Waals surface area (Å²) in [5, 5.41) is 0. The Hall–Kier alpha value is -1.81. The van der Waals surface area contributed by atoms with Crippen molar-refractivity contribution in [2.24, 2.45) is 0 Å². The highest BCUT2D eigenvalue weighted by atomic mass is 79.9. The zero-order chi connectivity index (χ0) is 14.5. The molecule has 0 fully saturated rings. The highest BCUT2D eigenvalue weighted by Crippen LogP contribution is 2.26. The second kappa shape index (κ2) is 6.57. The molecule has 0 spiro atoms. The standard InChI is InChI=1S/C16H15BrO3/c1-11(18)13-4-3-5-14(9-13)20-10-12-6-7-16(19-2)15(17)8-12/h3-9H,10H2,1-2H3. The quantitative estimate of drug-likeness (QED) is 0.767. The fourth-order valence-electron chi connectivity index (χ4n) is 1.77. The van der Waals surface area contributed by atoms with Gasteiger partial charge in [0.1, 0.15) is 18.1 Å². The van der Waals surface area contributed by atoms with Crippen LogP contribution in [0.1, 0.15) is 22.8 Å². The molecule has 3 nitrogen and oxygen atoms in total. The third-order valence-corrected chi connectivity index (χ3v) is 3.48. The molecule has 2 rings (SSSR count). The van der Waals surface area contributed by atoms with E-state index in [1.54, 1.807) is 26.2 Å². The van der Waals surface area contributed by atoms with E-state index < -0.39 is 0 Å². The summed E-state index contributed by atoms with van der Waals surface area (Å²) in [5.74, 6) is 1.50. The summed E-state index contributed by atoms with van der Waals surface area (Å²) in [7, 11) is 1.63. The summed E-state index contributed by atoms with van der Waals surface area (Å²) in [6, 6.07) is 13.0. The Morgan fingerprint density at radius 1 is 1.20 bits per heavy atom. The van der Waals surface area contributed by atoms with Crippen molar-refractivity contribution in [2.75, 3.05) is 7.11 Å². The van der Waals surface area contributed by atoms with Crippen LogP contribution in [0.15, 0.2) is 46.9 Å². The van der Waals surface area contributed by atoms with Gasteiger partial charge < -0.3 is 9.47 Å². The number of ketones is 1. The van der Waals surface area contributed by atoms with E-state index in [1.165, 1.54) is 0 Å². The molecule has 0 unspecified atom stereocenters. The average Bonchev–Trinajstić information content (AvgIpc) is 2.45. The minimum absolute atomic E-state index is 0.0302. The molecule has 0 aromatic heterocycles. The number of benzene rings is 2. The number of hydrogen-bond donors (Lipinski definition) is 0. The number of rotatable bonds is 5. The first-order valence-electron chi connectivity index (χ1n) is 6.16. The largest absolute Gasteiger partial charge is 0.496 e. The third kappa shape index (κ3) is 3.61. The van der Waals surface area contributed by atoms with Gasteiger partial charge in [-0.15, -0.1) is 0 Å². The normalized spacial score (nSPS) is 10.2. The minimum atomic E-state index is 0.0302. The van der Waals surface area contributed by atoms with E-state index in [0.717, 1.165) is 15.8 Å². The van der Waals surface area contributed by atoms with Crippen molar-refractivity contribution in [3.05, 3.63) is 58.1 Å².